The number of nitrogens with zero attached hydrogens (tertiary/aromatic N) is 4. The molecule has 2 aliphatic heterocycles. The molecule has 4 rings (SSSR count). The van der Waals surface area contributed by atoms with Crippen molar-refractivity contribution in [3.8, 4) is 0 Å². The van der Waals surface area contributed by atoms with E-state index in [2.05, 4.69) is 54.4 Å². The second-order valence-corrected chi connectivity index (χ2v) is 9.68. The highest BCUT2D eigenvalue weighted by Crippen LogP contribution is 2.40. The molecule has 0 atom stereocenters. The SMILES string of the molecule is CC1(C)CC(Nc2ncnc(N3CCCc4ccccc43)c2[N+](=O)[O-])CC(C)(C)N1. The fourth-order valence-corrected chi connectivity index (χ4v) is 5.21. The van der Waals surface area contributed by atoms with Crippen LogP contribution in [-0.2, 0) is 6.42 Å². The van der Waals surface area contributed by atoms with Crippen molar-refractivity contribution in [3.63, 3.8) is 0 Å². The van der Waals surface area contributed by atoms with Crippen LogP contribution in [0.3, 0.4) is 0 Å². The Hall–Kier alpha value is -2.74. The average Bonchev–Trinajstić information content (AvgIpc) is 2.64. The zero-order valence-electron chi connectivity index (χ0n) is 18.1. The lowest BCUT2D eigenvalue weighted by molar-refractivity contribution is -0.383. The van der Waals surface area contributed by atoms with Gasteiger partial charge in [-0.3, -0.25) is 10.1 Å². The average molecular weight is 411 g/mol. The number of hydrogen-bond acceptors (Lipinski definition) is 7. The Morgan fingerprint density at radius 2 is 1.87 bits per heavy atom. The minimum absolute atomic E-state index is 0.0525. The minimum Gasteiger partial charge on any atom is -0.361 e. The summed E-state index contributed by atoms with van der Waals surface area (Å²) in [6.07, 6.45) is 5.02. The van der Waals surface area contributed by atoms with Gasteiger partial charge in [0.1, 0.15) is 6.33 Å². The molecule has 0 saturated carbocycles. The first-order chi connectivity index (χ1) is 14.2. The van der Waals surface area contributed by atoms with Gasteiger partial charge in [0.2, 0.25) is 11.6 Å². The second-order valence-electron chi connectivity index (χ2n) is 9.68. The van der Waals surface area contributed by atoms with Crippen molar-refractivity contribution >= 4 is 23.0 Å². The maximum absolute atomic E-state index is 12.1. The lowest BCUT2D eigenvalue weighted by Crippen LogP contribution is -2.60. The van der Waals surface area contributed by atoms with Crippen molar-refractivity contribution in [2.75, 3.05) is 16.8 Å². The first-order valence-electron chi connectivity index (χ1n) is 10.6. The molecule has 2 aliphatic rings. The second kappa shape index (κ2) is 7.50. The van der Waals surface area contributed by atoms with Crippen LogP contribution in [0.4, 0.5) is 23.0 Å². The summed E-state index contributed by atoms with van der Waals surface area (Å²) < 4.78 is 0. The van der Waals surface area contributed by atoms with Crippen molar-refractivity contribution in [2.24, 2.45) is 0 Å². The predicted octanol–water partition coefficient (Wildman–Crippen LogP) is 4.19. The van der Waals surface area contributed by atoms with Gasteiger partial charge >= 0.3 is 5.69 Å². The van der Waals surface area contributed by atoms with E-state index < -0.39 is 0 Å². The summed E-state index contributed by atoms with van der Waals surface area (Å²) in [5.74, 6) is 0.656. The Labute approximate surface area is 177 Å². The number of anilines is 3. The van der Waals surface area contributed by atoms with Crippen LogP contribution in [0.1, 0.15) is 52.5 Å². The molecule has 0 amide bonds. The molecule has 0 radical (unpaired) electrons. The molecule has 0 unspecified atom stereocenters. The molecule has 3 heterocycles. The lowest BCUT2D eigenvalue weighted by atomic mass is 9.79. The van der Waals surface area contributed by atoms with Crippen LogP contribution in [0.25, 0.3) is 0 Å². The third kappa shape index (κ3) is 4.09. The van der Waals surface area contributed by atoms with E-state index in [0.29, 0.717) is 18.2 Å². The van der Waals surface area contributed by atoms with Crippen LogP contribution >= 0.6 is 0 Å². The van der Waals surface area contributed by atoms with Gasteiger partial charge < -0.3 is 15.5 Å². The highest BCUT2D eigenvalue weighted by Gasteiger charge is 2.39. The minimum atomic E-state index is -0.355. The molecule has 1 saturated heterocycles. The molecular formula is C22H30N6O2. The number of nitro groups is 1. The third-order valence-corrected chi connectivity index (χ3v) is 5.88. The summed E-state index contributed by atoms with van der Waals surface area (Å²) in [5.41, 5.74) is 1.98. The van der Waals surface area contributed by atoms with Crippen LogP contribution < -0.4 is 15.5 Å². The number of aromatic nitrogens is 2. The van der Waals surface area contributed by atoms with Gasteiger partial charge in [0.05, 0.1) is 4.92 Å². The standard InChI is InChI=1S/C22H30N6O2/c1-21(2)12-16(13-22(3,4)26-21)25-19-18(28(29)30)20(24-14-23-19)27-11-7-9-15-8-5-6-10-17(15)27/h5-6,8,10,14,16,26H,7,9,11-13H2,1-4H3,(H,23,24,25). The normalized spacial score (nSPS) is 20.5. The van der Waals surface area contributed by atoms with Crippen molar-refractivity contribution < 1.29 is 4.92 Å². The molecule has 30 heavy (non-hydrogen) atoms. The van der Waals surface area contributed by atoms with Gasteiger partial charge in [0.25, 0.3) is 0 Å². The molecule has 2 N–H and O–H groups in total. The molecule has 1 aromatic carbocycles. The van der Waals surface area contributed by atoms with E-state index in [1.165, 1.54) is 11.9 Å². The number of rotatable bonds is 4. The van der Waals surface area contributed by atoms with Crippen LogP contribution in [0.15, 0.2) is 30.6 Å². The molecular weight excluding hydrogens is 380 g/mol. The third-order valence-electron chi connectivity index (χ3n) is 5.88. The number of fused-ring (bicyclic) bond motifs is 1. The van der Waals surface area contributed by atoms with E-state index >= 15 is 0 Å². The van der Waals surface area contributed by atoms with Gasteiger partial charge in [-0.05, 0) is 65.0 Å². The summed E-state index contributed by atoms with van der Waals surface area (Å²) >= 11 is 0. The van der Waals surface area contributed by atoms with Gasteiger partial charge in [0.15, 0.2) is 0 Å². The summed E-state index contributed by atoms with van der Waals surface area (Å²) in [4.78, 5) is 22.4. The first-order valence-corrected chi connectivity index (χ1v) is 10.6. The van der Waals surface area contributed by atoms with Gasteiger partial charge in [0, 0.05) is 29.4 Å². The van der Waals surface area contributed by atoms with Gasteiger partial charge in [-0.15, -0.1) is 0 Å². The number of piperidine rings is 1. The van der Waals surface area contributed by atoms with E-state index in [4.69, 9.17) is 0 Å². The fraction of sp³-hybridized carbons (Fsp3) is 0.545. The van der Waals surface area contributed by atoms with Gasteiger partial charge in [-0.2, -0.15) is 0 Å². The molecule has 8 nitrogen and oxygen atoms in total. The zero-order chi connectivity index (χ0) is 21.5. The molecule has 2 aromatic rings. The lowest BCUT2D eigenvalue weighted by Gasteiger charge is -2.46. The maximum atomic E-state index is 12.1. The highest BCUT2D eigenvalue weighted by atomic mass is 16.6. The summed E-state index contributed by atoms with van der Waals surface area (Å²) in [7, 11) is 0. The van der Waals surface area contributed by atoms with Crippen molar-refractivity contribution in [3.05, 3.63) is 46.3 Å². The molecule has 0 aliphatic carbocycles. The number of aryl methyl sites for hydroxylation is 1. The van der Waals surface area contributed by atoms with Crippen LogP contribution in [0.2, 0.25) is 0 Å². The summed E-state index contributed by atoms with van der Waals surface area (Å²) in [5, 5.41) is 19.2. The smallest absolute Gasteiger partial charge is 0.353 e. The van der Waals surface area contributed by atoms with Crippen LogP contribution in [0.5, 0.6) is 0 Å². The Morgan fingerprint density at radius 1 is 1.17 bits per heavy atom. The maximum Gasteiger partial charge on any atom is 0.353 e. The Kier molecular flexibility index (Phi) is 5.13. The van der Waals surface area contributed by atoms with E-state index in [9.17, 15) is 10.1 Å². The van der Waals surface area contributed by atoms with Crippen molar-refractivity contribution in [1.29, 1.82) is 0 Å². The van der Waals surface area contributed by atoms with Crippen molar-refractivity contribution in [1.82, 2.24) is 15.3 Å². The predicted molar refractivity (Wildman–Crippen MR) is 118 cm³/mol. The van der Waals surface area contributed by atoms with E-state index in [-0.39, 0.29) is 27.7 Å². The number of para-hydroxylation sites is 1. The topological polar surface area (TPSA) is 96.2 Å². The zero-order valence-corrected chi connectivity index (χ0v) is 18.1. The highest BCUT2D eigenvalue weighted by molar-refractivity contribution is 5.77. The van der Waals surface area contributed by atoms with E-state index in [1.807, 2.05) is 23.1 Å². The Morgan fingerprint density at radius 3 is 2.57 bits per heavy atom. The molecule has 0 spiro atoms. The van der Waals surface area contributed by atoms with E-state index in [0.717, 1.165) is 31.4 Å². The quantitative estimate of drug-likeness (QED) is 0.576. The van der Waals surface area contributed by atoms with E-state index in [1.54, 1.807) is 0 Å². The molecule has 160 valence electrons. The summed E-state index contributed by atoms with van der Waals surface area (Å²) in [6.45, 7) is 9.34. The van der Waals surface area contributed by atoms with Crippen molar-refractivity contribution in [2.45, 2.75) is 70.5 Å². The molecule has 1 fully saturated rings. The van der Waals surface area contributed by atoms with Gasteiger partial charge in [-0.1, -0.05) is 18.2 Å². The number of nitrogens with one attached hydrogen (secondary N) is 2. The van der Waals surface area contributed by atoms with Gasteiger partial charge in [-0.25, -0.2) is 9.97 Å². The van der Waals surface area contributed by atoms with Crippen LogP contribution in [-0.4, -0.2) is 38.6 Å². The van der Waals surface area contributed by atoms with Crippen LogP contribution in [0, 0.1) is 10.1 Å². The monoisotopic (exact) mass is 410 g/mol. The Bertz CT molecular complexity index is 942. The molecule has 0 bridgehead atoms. The fourth-order valence-electron chi connectivity index (χ4n) is 5.21. The number of benzene rings is 1. The molecule has 1 aromatic heterocycles. The number of hydrogen-bond donors (Lipinski definition) is 2. The largest absolute Gasteiger partial charge is 0.361 e. The molecule has 8 heteroatoms. The first kappa shape index (κ1) is 20.5. The Balaban J connectivity index is 1.71. The summed E-state index contributed by atoms with van der Waals surface area (Å²) in [6, 6.07) is 8.12.